The van der Waals surface area contributed by atoms with Gasteiger partial charge in [0.2, 0.25) is 0 Å². The molecule has 3 fully saturated rings. The van der Waals surface area contributed by atoms with Crippen LogP contribution in [0.3, 0.4) is 0 Å². The molecule has 0 aromatic rings. The highest BCUT2D eigenvalue weighted by Gasteiger charge is 2.30. The molecule has 0 radical (unpaired) electrons. The minimum Gasteiger partial charge on any atom is -0.376 e. The van der Waals surface area contributed by atoms with Crippen LogP contribution >= 0.6 is 0 Å². The van der Waals surface area contributed by atoms with Gasteiger partial charge in [0, 0.05) is 6.42 Å². The fourth-order valence-corrected chi connectivity index (χ4v) is 1.58. The summed E-state index contributed by atoms with van der Waals surface area (Å²) in [4.78, 5) is 0. The van der Waals surface area contributed by atoms with Crippen molar-refractivity contribution in [3.05, 3.63) is 0 Å². The van der Waals surface area contributed by atoms with Crippen LogP contribution in [0.2, 0.25) is 0 Å². The molecule has 16 heavy (non-hydrogen) atoms. The SMILES string of the molecule is C(OCC(CC1CO1)OCC1CO1)C1CO1. The quantitative estimate of drug-likeness (QED) is 0.521. The molecule has 4 unspecified atom stereocenters. The monoisotopic (exact) mass is 230 g/mol. The van der Waals surface area contributed by atoms with Gasteiger partial charge in [-0.15, -0.1) is 0 Å². The molecule has 0 N–H and O–H groups in total. The Labute approximate surface area is 94.9 Å². The normalized spacial score (nSPS) is 37.1. The number of ether oxygens (including phenoxy) is 5. The van der Waals surface area contributed by atoms with Crippen molar-refractivity contribution in [2.24, 2.45) is 0 Å². The zero-order valence-corrected chi connectivity index (χ0v) is 9.30. The first-order valence-electron chi connectivity index (χ1n) is 5.94. The average molecular weight is 230 g/mol. The van der Waals surface area contributed by atoms with Gasteiger partial charge in [0.15, 0.2) is 0 Å². The molecule has 0 aromatic heterocycles. The fourth-order valence-electron chi connectivity index (χ4n) is 1.58. The molecule has 3 saturated heterocycles. The zero-order chi connectivity index (χ0) is 10.8. The van der Waals surface area contributed by atoms with Crippen LogP contribution in [0.15, 0.2) is 0 Å². The van der Waals surface area contributed by atoms with Crippen LogP contribution in [0.1, 0.15) is 6.42 Å². The van der Waals surface area contributed by atoms with Crippen molar-refractivity contribution < 1.29 is 23.7 Å². The second kappa shape index (κ2) is 4.98. The molecule has 0 bridgehead atoms. The summed E-state index contributed by atoms with van der Waals surface area (Å²) in [6.45, 7) is 4.54. The van der Waals surface area contributed by atoms with E-state index in [0.717, 1.165) is 26.2 Å². The summed E-state index contributed by atoms with van der Waals surface area (Å²) in [6, 6.07) is 0. The van der Waals surface area contributed by atoms with Crippen molar-refractivity contribution in [3.8, 4) is 0 Å². The third-order valence-electron chi connectivity index (χ3n) is 2.86. The van der Waals surface area contributed by atoms with E-state index < -0.39 is 0 Å². The third-order valence-corrected chi connectivity index (χ3v) is 2.86. The highest BCUT2D eigenvalue weighted by molar-refractivity contribution is 4.77. The summed E-state index contributed by atoms with van der Waals surface area (Å²) in [7, 11) is 0. The molecular formula is C11H18O5. The number of hydrogen-bond donors (Lipinski definition) is 0. The highest BCUT2D eigenvalue weighted by Crippen LogP contribution is 2.20. The first-order chi connectivity index (χ1) is 7.90. The summed E-state index contributed by atoms with van der Waals surface area (Å²) in [6.07, 6.45) is 2.08. The van der Waals surface area contributed by atoms with Crippen LogP contribution in [-0.4, -0.2) is 64.1 Å². The van der Waals surface area contributed by atoms with Crippen LogP contribution in [0.4, 0.5) is 0 Å². The van der Waals surface area contributed by atoms with Crippen LogP contribution < -0.4 is 0 Å². The first-order valence-corrected chi connectivity index (χ1v) is 5.94. The van der Waals surface area contributed by atoms with Gasteiger partial charge in [-0.25, -0.2) is 0 Å². The Hall–Kier alpha value is -0.200. The van der Waals surface area contributed by atoms with Crippen molar-refractivity contribution in [1.82, 2.24) is 0 Å². The van der Waals surface area contributed by atoms with Crippen molar-refractivity contribution in [2.75, 3.05) is 39.6 Å². The predicted molar refractivity (Wildman–Crippen MR) is 54.4 cm³/mol. The minimum atomic E-state index is 0.135. The van der Waals surface area contributed by atoms with Crippen LogP contribution in [0.5, 0.6) is 0 Å². The second-order valence-electron chi connectivity index (χ2n) is 4.59. The van der Waals surface area contributed by atoms with E-state index in [1.165, 1.54) is 0 Å². The minimum absolute atomic E-state index is 0.135. The van der Waals surface area contributed by atoms with Gasteiger partial charge in [-0.2, -0.15) is 0 Å². The van der Waals surface area contributed by atoms with Crippen molar-refractivity contribution >= 4 is 0 Å². The molecule has 5 nitrogen and oxygen atoms in total. The molecule has 0 saturated carbocycles. The van der Waals surface area contributed by atoms with E-state index in [2.05, 4.69) is 0 Å². The van der Waals surface area contributed by atoms with E-state index in [0.29, 0.717) is 38.1 Å². The topological polar surface area (TPSA) is 56.0 Å². The Morgan fingerprint density at radius 2 is 1.56 bits per heavy atom. The maximum absolute atomic E-state index is 5.75. The average Bonchev–Trinajstić information content (AvgIpc) is 3.13. The van der Waals surface area contributed by atoms with E-state index in [1.807, 2.05) is 0 Å². The maximum Gasteiger partial charge on any atom is 0.104 e. The lowest BCUT2D eigenvalue weighted by Gasteiger charge is -2.16. The molecule has 3 heterocycles. The van der Waals surface area contributed by atoms with E-state index in [4.69, 9.17) is 23.7 Å². The lowest BCUT2D eigenvalue weighted by molar-refractivity contribution is -0.0306. The molecule has 5 heteroatoms. The first kappa shape index (κ1) is 10.9. The molecule has 3 aliphatic rings. The lowest BCUT2D eigenvalue weighted by atomic mass is 10.2. The summed E-state index contributed by atoms with van der Waals surface area (Å²) < 4.78 is 26.7. The Morgan fingerprint density at radius 1 is 0.938 bits per heavy atom. The Morgan fingerprint density at radius 3 is 2.19 bits per heavy atom. The molecule has 0 spiro atoms. The number of hydrogen-bond acceptors (Lipinski definition) is 5. The van der Waals surface area contributed by atoms with Crippen molar-refractivity contribution in [2.45, 2.75) is 30.8 Å². The molecule has 3 aliphatic heterocycles. The van der Waals surface area contributed by atoms with Gasteiger partial charge in [0.25, 0.3) is 0 Å². The van der Waals surface area contributed by atoms with Gasteiger partial charge in [-0.1, -0.05) is 0 Å². The Balaban J connectivity index is 1.31. The summed E-state index contributed by atoms with van der Waals surface area (Å²) in [5.74, 6) is 0. The van der Waals surface area contributed by atoms with Crippen molar-refractivity contribution in [1.29, 1.82) is 0 Å². The van der Waals surface area contributed by atoms with Gasteiger partial charge in [0.1, 0.15) is 12.2 Å². The van der Waals surface area contributed by atoms with Gasteiger partial charge in [-0.05, 0) is 0 Å². The second-order valence-corrected chi connectivity index (χ2v) is 4.59. The summed E-state index contributed by atoms with van der Waals surface area (Å²) in [5, 5.41) is 0. The lowest BCUT2D eigenvalue weighted by Crippen LogP contribution is -2.25. The smallest absolute Gasteiger partial charge is 0.104 e. The van der Waals surface area contributed by atoms with Gasteiger partial charge >= 0.3 is 0 Å². The molecule has 0 aromatic carbocycles. The molecule has 0 amide bonds. The van der Waals surface area contributed by atoms with E-state index >= 15 is 0 Å². The summed E-state index contributed by atoms with van der Waals surface area (Å²) in [5.41, 5.74) is 0. The predicted octanol–water partition coefficient (Wildman–Crippen LogP) is -0.0253. The Kier molecular flexibility index (Phi) is 3.40. The third kappa shape index (κ3) is 3.99. The standard InChI is InChI=1S/C11H18O5/c1(9-4-13-9)8(14-6-11-7-16-11)2-12-3-10-5-15-10/h8-11H,1-7H2. The van der Waals surface area contributed by atoms with Gasteiger partial charge in [-0.3, -0.25) is 0 Å². The number of rotatable bonds is 9. The van der Waals surface area contributed by atoms with Crippen molar-refractivity contribution in [3.63, 3.8) is 0 Å². The molecule has 4 atom stereocenters. The molecule has 0 aliphatic carbocycles. The highest BCUT2D eigenvalue weighted by atomic mass is 16.6. The summed E-state index contributed by atoms with van der Waals surface area (Å²) >= 11 is 0. The molecular weight excluding hydrogens is 212 g/mol. The largest absolute Gasteiger partial charge is 0.376 e. The Bertz CT molecular complexity index is 222. The van der Waals surface area contributed by atoms with Gasteiger partial charge < -0.3 is 23.7 Å². The van der Waals surface area contributed by atoms with E-state index in [9.17, 15) is 0 Å². The van der Waals surface area contributed by atoms with Crippen LogP contribution in [-0.2, 0) is 23.7 Å². The van der Waals surface area contributed by atoms with Crippen LogP contribution in [0, 0.1) is 0 Å². The molecule has 92 valence electrons. The number of epoxide rings is 3. The van der Waals surface area contributed by atoms with Crippen LogP contribution in [0.25, 0.3) is 0 Å². The fraction of sp³-hybridized carbons (Fsp3) is 1.00. The molecule has 3 rings (SSSR count). The zero-order valence-electron chi connectivity index (χ0n) is 9.30. The van der Waals surface area contributed by atoms with E-state index in [1.54, 1.807) is 0 Å². The van der Waals surface area contributed by atoms with E-state index in [-0.39, 0.29) is 6.10 Å². The van der Waals surface area contributed by atoms with Gasteiger partial charge in [0.05, 0.1) is 51.8 Å². The maximum atomic E-state index is 5.75.